The summed E-state index contributed by atoms with van der Waals surface area (Å²) in [5.74, 6) is 2.52. The topological polar surface area (TPSA) is 56.2 Å². The van der Waals surface area contributed by atoms with Gasteiger partial charge >= 0.3 is 0 Å². The third kappa shape index (κ3) is 6.19. The smallest absolute Gasteiger partial charge is 0.223 e. The molecule has 184 valence electrons. The number of hydrogen-bond acceptors (Lipinski definition) is 3. The molecule has 0 saturated heterocycles. The molecule has 1 amide bonds. The van der Waals surface area contributed by atoms with Gasteiger partial charge in [0.15, 0.2) is 0 Å². The molecule has 3 rings (SSSR count). The second kappa shape index (κ2) is 12.0. The van der Waals surface area contributed by atoms with Crippen molar-refractivity contribution >= 4 is 16.9 Å². The van der Waals surface area contributed by atoms with E-state index in [1.807, 2.05) is 25.1 Å². The lowest BCUT2D eigenvalue weighted by molar-refractivity contribution is -0.125. The van der Waals surface area contributed by atoms with Crippen LogP contribution in [-0.2, 0) is 11.3 Å². The second-order valence-electron chi connectivity index (χ2n) is 9.61. The maximum atomic E-state index is 12.7. The van der Waals surface area contributed by atoms with E-state index in [4.69, 9.17) is 9.72 Å². The molecular weight excluding hydrogens is 422 g/mol. The predicted octanol–water partition coefficient (Wildman–Crippen LogP) is 6.94. The van der Waals surface area contributed by atoms with Crippen LogP contribution in [0.15, 0.2) is 42.5 Å². The van der Waals surface area contributed by atoms with Gasteiger partial charge in [0.1, 0.15) is 11.6 Å². The van der Waals surface area contributed by atoms with Gasteiger partial charge in [-0.2, -0.15) is 0 Å². The van der Waals surface area contributed by atoms with Gasteiger partial charge in [0.2, 0.25) is 5.91 Å². The lowest BCUT2D eigenvalue weighted by Crippen LogP contribution is -2.33. The van der Waals surface area contributed by atoms with Crippen LogP contribution in [0.2, 0.25) is 0 Å². The highest BCUT2D eigenvalue weighted by atomic mass is 16.5. The van der Waals surface area contributed by atoms with E-state index in [2.05, 4.69) is 68.8 Å². The van der Waals surface area contributed by atoms with E-state index in [0.29, 0.717) is 12.5 Å². The van der Waals surface area contributed by atoms with Crippen molar-refractivity contribution in [3.05, 3.63) is 59.4 Å². The first-order valence-electron chi connectivity index (χ1n) is 12.8. The maximum absolute atomic E-state index is 12.7. The van der Waals surface area contributed by atoms with Gasteiger partial charge in [0.25, 0.3) is 0 Å². The molecule has 1 heterocycles. The van der Waals surface area contributed by atoms with Gasteiger partial charge in [-0.15, -0.1) is 0 Å². The number of amides is 1. The monoisotopic (exact) mass is 463 g/mol. The largest absolute Gasteiger partial charge is 0.493 e. The van der Waals surface area contributed by atoms with Crippen molar-refractivity contribution in [1.82, 2.24) is 14.9 Å². The minimum Gasteiger partial charge on any atom is -0.493 e. The molecule has 0 spiro atoms. The Morgan fingerprint density at radius 2 is 1.79 bits per heavy atom. The molecule has 5 heteroatoms. The van der Waals surface area contributed by atoms with E-state index in [0.717, 1.165) is 54.8 Å². The Labute approximate surface area is 204 Å². The van der Waals surface area contributed by atoms with Crippen LogP contribution in [0, 0.1) is 12.8 Å². The molecule has 0 bridgehead atoms. The molecule has 0 radical (unpaired) electrons. The van der Waals surface area contributed by atoms with Crippen LogP contribution in [0.25, 0.3) is 11.0 Å². The van der Waals surface area contributed by atoms with Crippen LogP contribution in [0.4, 0.5) is 0 Å². The van der Waals surface area contributed by atoms with Crippen LogP contribution in [0.5, 0.6) is 5.75 Å². The number of carbonyl (C=O) groups excluding carboxylic acids is 1. The van der Waals surface area contributed by atoms with Crippen LogP contribution >= 0.6 is 0 Å². The molecule has 1 atom stereocenters. The van der Waals surface area contributed by atoms with Gasteiger partial charge in [-0.1, -0.05) is 52.0 Å². The number of imidazole rings is 1. The summed E-state index contributed by atoms with van der Waals surface area (Å²) in [4.78, 5) is 17.6. The zero-order chi connectivity index (χ0) is 24.7. The summed E-state index contributed by atoms with van der Waals surface area (Å²) in [5.41, 5.74) is 4.57. The molecule has 0 aliphatic rings. The van der Waals surface area contributed by atoms with Gasteiger partial charge in [0, 0.05) is 12.5 Å². The highest BCUT2D eigenvalue weighted by Gasteiger charge is 2.21. The van der Waals surface area contributed by atoms with E-state index >= 15 is 0 Å². The highest BCUT2D eigenvalue weighted by molar-refractivity contribution is 5.79. The fraction of sp³-hybridized carbons (Fsp3) is 0.517. The fourth-order valence-electron chi connectivity index (χ4n) is 4.51. The van der Waals surface area contributed by atoms with E-state index in [1.165, 1.54) is 11.1 Å². The molecule has 5 nitrogen and oxygen atoms in total. The molecule has 2 aromatic carbocycles. The Kier molecular flexibility index (Phi) is 9.14. The molecule has 0 aliphatic heterocycles. The van der Waals surface area contributed by atoms with Crippen LogP contribution < -0.4 is 10.1 Å². The van der Waals surface area contributed by atoms with Gasteiger partial charge in [-0.3, -0.25) is 4.79 Å². The average Bonchev–Trinajstić information content (AvgIpc) is 3.18. The number of nitrogens with one attached hydrogen (secondary N) is 1. The van der Waals surface area contributed by atoms with Crippen LogP contribution in [0.1, 0.15) is 89.2 Å². The highest BCUT2D eigenvalue weighted by Crippen LogP contribution is 2.28. The number of aromatic nitrogens is 2. The molecule has 1 N–H and O–H groups in total. The molecule has 0 aliphatic carbocycles. The van der Waals surface area contributed by atoms with E-state index in [9.17, 15) is 4.79 Å². The zero-order valence-corrected chi connectivity index (χ0v) is 21.7. The first-order valence-corrected chi connectivity index (χ1v) is 12.8. The number of benzene rings is 2. The predicted molar refractivity (Wildman–Crippen MR) is 140 cm³/mol. The van der Waals surface area contributed by atoms with Gasteiger partial charge < -0.3 is 14.6 Å². The molecule has 1 unspecified atom stereocenters. The lowest BCUT2D eigenvalue weighted by Gasteiger charge is -2.19. The number of nitrogens with zero attached hydrogens (tertiary/aromatic N) is 2. The van der Waals surface area contributed by atoms with Crippen LogP contribution in [-0.4, -0.2) is 22.1 Å². The fourth-order valence-corrected chi connectivity index (χ4v) is 4.51. The SMILES string of the molecule is CCC(CC)C(=O)NC(C)c1nc2ccccc2n1CCCCOc1cc(C)ccc1C(C)C. The van der Waals surface area contributed by atoms with E-state index in [-0.39, 0.29) is 17.9 Å². The van der Waals surface area contributed by atoms with Gasteiger partial charge in [0.05, 0.1) is 23.7 Å². The Hall–Kier alpha value is -2.82. The van der Waals surface area contributed by atoms with Crippen LogP contribution in [0.3, 0.4) is 0 Å². The third-order valence-corrected chi connectivity index (χ3v) is 6.61. The quantitative estimate of drug-likeness (QED) is 0.296. The normalized spacial score (nSPS) is 12.5. The van der Waals surface area contributed by atoms with Crippen molar-refractivity contribution < 1.29 is 9.53 Å². The summed E-state index contributed by atoms with van der Waals surface area (Å²) in [6.45, 7) is 14.2. The average molecular weight is 464 g/mol. The Morgan fingerprint density at radius 3 is 2.50 bits per heavy atom. The third-order valence-electron chi connectivity index (χ3n) is 6.61. The number of carbonyl (C=O) groups is 1. The number of para-hydroxylation sites is 2. The number of ether oxygens (including phenoxy) is 1. The van der Waals surface area contributed by atoms with Crippen molar-refractivity contribution in [2.75, 3.05) is 6.61 Å². The summed E-state index contributed by atoms with van der Waals surface area (Å²) >= 11 is 0. The maximum Gasteiger partial charge on any atom is 0.223 e. The standard InChI is InChI=1S/C29H41N3O2/c1-7-23(8-2)29(33)30-22(6)28-31-25-13-9-10-14-26(25)32(28)17-11-12-18-34-27-19-21(5)15-16-24(27)20(3)4/h9-10,13-16,19-20,22-23H,7-8,11-12,17-18H2,1-6H3,(H,30,33). The van der Waals surface area contributed by atoms with Crippen molar-refractivity contribution in [1.29, 1.82) is 0 Å². The number of aryl methyl sites for hydroxylation is 2. The first-order chi connectivity index (χ1) is 16.3. The Bertz CT molecular complexity index is 1080. The van der Waals surface area contributed by atoms with Crippen molar-refractivity contribution in [3.63, 3.8) is 0 Å². The Balaban J connectivity index is 1.67. The van der Waals surface area contributed by atoms with Crippen molar-refractivity contribution in [2.45, 2.75) is 85.7 Å². The summed E-state index contributed by atoms with van der Waals surface area (Å²) in [6, 6.07) is 14.5. The molecular formula is C29H41N3O2. The van der Waals surface area contributed by atoms with Gasteiger partial charge in [-0.25, -0.2) is 4.98 Å². The van der Waals surface area contributed by atoms with E-state index in [1.54, 1.807) is 0 Å². The summed E-state index contributed by atoms with van der Waals surface area (Å²) in [7, 11) is 0. The van der Waals surface area contributed by atoms with Crippen molar-refractivity contribution in [2.24, 2.45) is 5.92 Å². The molecule has 0 fully saturated rings. The minimum atomic E-state index is -0.141. The second-order valence-corrected chi connectivity index (χ2v) is 9.61. The first kappa shape index (κ1) is 25.8. The summed E-state index contributed by atoms with van der Waals surface area (Å²) in [5, 5.41) is 3.20. The number of hydrogen-bond donors (Lipinski definition) is 1. The zero-order valence-electron chi connectivity index (χ0n) is 21.7. The number of rotatable bonds is 12. The van der Waals surface area contributed by atoms with E-state index < -0.39 is 0 Å². The number of fused-ring (bicyclic) bond motifs is 1. The van der Waals surface area contributed by atoms with Crippen molar-refractivity contribution in [3.8, 4) is 5.75 Å². The summed E-state index contributed by atoms with van der Waals surface area (Å²) < 4.78 is 8.45. The van der Waals surface area contributed by atoms with Gasteiger partial charge in [-0.05, 0) is 74.8 Å². The summed E-state index contributed by atoms with van der Waals surface area (Å²) in [6.07, 6.45) is 3.63. The Morgan fingerprint density at radius 1 is 1.06 bits per heavy atom. The number of unbranched alkanes of at least 4 members (excludes halogenated alkanes) is 1. The minimum absolute atomic E-state index is 0.0507. The molecule has 3 aromatic rings. The molecule has 34 heavy (non-hydrogen) atoms. The molecule has 0 saturated carbocycles. The molecule has 1 aromatic heterocycles. The lowest BCUT2D eigenvalue weighted by atomic mass is 10.0.